The van der Waals surface area contributed by atoms with Gasteiger partial charge < -0.3 is 9.64 Å². The second-order valence-corrected chi connectivity index (χ2v) is 8.51. The van der Waals surface area contributed by atoms with E-state index >= 15 is 0 Å². The summed E-state index contributed by atoms with van der Waals surface area (Å²) >= 11 is 0. The number of fused-ring (bicyclic) bond motifs is 1. The van der Waals surface area contributed by atoms with Crippen molar-refractivity contribution in [2.75, 3.05) is 16.2 Å². The maximum Gasteiger partial charge on any atom is 0.262 e. The van der Waals surface area contributed by atoms with Crippen molar-refractivity contribution in [2.24, 2.45) is 0 Å². The Labute approximate surface area is 155 Å². The zero-order chi connectivity index (χ0) is 20.0. The van der Waals surface area contributed by atoms with Gasteiger partial charge in [0.15, 0.2) is 0 Å². The molecule has 6 nitrogen and oxygen atoms in total. The molecule has 144 valence electrons. The molecule has 0 aromatic heterocycles. The fourth-order valence-corrected chi connectivity index (χ4v) is 3.90. The quantitative estimate of drug-likeness (QED) is 0.864. The second-order valence-electron chi connectivity index (χ2n) is 6.83. The maximum absolute atomic E-state index is 13.8. The maximum atomic E-state index is 13.8. The summed E-state index contributed by atoms with van der Waals surface area (Å²) in [6, 6.07) is 6.44. The average molecular weight is 396 g/mol. The van der Waals surface area contributed by atoms with Crippen molar-refractivity contribution in [3.05, 3.63) is 48.0 Å². The molecule has 27 heavy (non-hydrogen) atoms. The molecule has 0 saturated heterocycles. The summed E-state index contributed by atoms with van der Waals surface area (Å²) in [7, 11) is -4.21. The number of carbonyl (C=O) groups excluding carboxylic acids is 1. The third-order valence-corrected chi connectivity index (χ3v) is 5.37. The molecule has 0 aliphatic carbocycles. The van der Waals surface area contributed by atoms with Crippen LogP contribution >= 0.6 is 0 Å². The minimum absolute atomic E-state index is 0.209. The fourth-order valence-electron chi connectivity index (χ4n) is 2.82. The summed E-state index contributed by atoms with van der Waals surface area (Å²) in [6.45, 7) is 5.23. The van der Waals surface area contributed by atoms with Crippen molar-refractivity contribution in [3.8, 4) is 5.75 Å². The Morgan fingerprint density at radius 1 is 1.19 bits per heavy atom. The molecule has 9 heteroatoms. The van der Waals surface area contributed by atoms with Crippen LogP contribution in [0.1, 0.15) is 20.8 Å². The van der Waals surface area contributed by atoms with Crippen molar-refractivity contribution in [1.82, 2.24) is 0 Å². The molecule has 1 amide bonds. The molecule has 0 radical (unpaired) electrons. The zero-order valence-corrected chi connectivity index (χ0v) is 15.7. The number of hydrogen-bond acceptors (Lipinski definition) is 4. The van der Waals surface area contributed by atoms with Gasteiger partial charge in [-0.05, 0) is 44.2 Å². The standard InChI is InChI=1S/C18H18F2N2O4S/c1-11(23)22-10-18(2,3)26-17-7-5-13(9-16(17)22)27(24,25)21-15-8-12(19)4-6-14(15)20/h4-9,21H,10H2,1-3H3. The molecule has 2 aromatic rings. The number of nitrogens with one attached hydrogen (secondary N) is 1. The Hall–Kier alpha value is -2.68. The summed E-state index contributed by atoms with van der Waals surface area (Å²) in [5.74, 6) is -1.60. The number of nitrogens with zero attached hydrogens (tertiary/aromatic N) is 1. The lowest BCUT2D eigenvalue weighted by atomic mass is 10.1. The molecule has 3 rings (SSSR count). The van der Waals surface area contributed by atoms with Crippen molar-refractivity contribution in [2.45, 2.75) is 31.3 Å². The van der Waals surface area contributed by atoms with Crippen LogP contribution in [0.4, 0.5) is 20.2 Å². The lowest BCUT2D eigenvalue weighted by Crippen LogP contribution is -2.48. The molecular weight excluding hydrogens is 378 g/mol. The molecule has 0 bridgehead atoms. The van der Waals surface area contributed by atoms with Gasteiger partial charge in [-0.25, -0.2) is 17.2 Å². The smallest absolute Gasteiger partial charge is 0.262 e. The highest BCUT2D eigenvalue weighted by atomic mass is 32.2. The Morgan fingerprint density at radius 3 is 2.56 bits per heavy atom. The van der Waals surface area contributed by atoms with Crippen LogP contribution in [0.15, 0.2) is 41.3 Å². The number of amides is 1. The van der Waals surface area contributed by atoms with Crippen LogP contribution in [0.25, 0.3) is 0 Å². The number of hydrogen-bond donors (Lipinski definition) is 1. The van der Waals surface area contributed by atoms with Crippen molar-refractivity contribution >= 4 is 27.3 Å². The molecule has 1 aliphatic heterocycles. The number of rotatable bonds is 3. The highest BCUT2D eigenvalue weighted by Gasteiger charge is 2.34. The van der Waals surface area contributed by atoms with Crippen LogP contribution in [-0.4, -0.2) is 26.5 Å². The number of anilines is 2. The highest BCUT2D eigenvalue weighted by molar-refractivity contribution is 7.92. The average Bonchev–Trinajstić information content (AvgIpc) is 2.55. The van der Waals surface area contributed by atoms with Gasteiger partial charge in [0.2, 0.25) is 5.91 Å². The predicted octanol–water partition coefficient (Wildman–Crippen LogP) is 3.29. The number of ether oxygens (including phenoxy) is 1. The predicted molar refractivity (Wildman–Crippen MR) is 96.3 cm³/mol. The molecule has 1 N–H and O–H groups in total. The van der Waals surface area contributed by atoms with Crippen molar-refractivity contribution < 1.29 is 26.7 Å². The van der Waals surface area contributed by atoms with E-state index in [0.29, 0.717) is 11.4 Å². The first-order chi connectivity index (χ1) is 12.5. The van der Waals surface area contributed by atoms with Crippen LogP contribution in [0.3, 0.4) is 0 Å². The summed E-state index contributed by atoms with van der Waals surface area (Å²) < 4.78 is 60.1. The highest BCUT2D eigenvalue weighted by Crippen LogP contribution is 2.38. The third-order valence-electron chi connectivity index (χ3n) is 4.01. The first-order valence-corrected chi connectivity index (χ1v) is 9.56. The first-order valence-electron chi connectivity index (χ1n) is 8.07. The molecule has 1 heterocycles. The summed E-state index contributed by atoms with van der Waals surface area (Å²) in [4.78, 5) is 13.2. The molecule has 1 aliphatic rings. The third kappa shape index (κ3) is 3.87. The Kier molecular flexibility index (Phi) is 4.59. The van der Waals surface area contributed by atoms with Gasteiger partial charge in [0, 0.05) is 13.0 Å². The van der Waals surface area contributed by atoms with Gasteiger partial charge in [0.1, 0.15) is 23.0 Å². The Morgan fingerprint density at radius 2 is 1.89 bits per heavy atom. The van der Waals surface area contributed by atoms with Gasteiger partial charge in [0.25, 0.3) is 10.0 Å². The molecule has 0 unspecified atom stereocenters. The van der Waals surface area contributed by atoms with Crippen molar-refractivity contribution in [1.29, 1.82) is 0 Å². The molecule has 0 atom stereocenters. The number of sulfonamides is 1. The molecule has 0 saturated carbocycles. The molecule has 0 spiro atoms. The molecule has 0 fully saturated rings. The number of halogens is 2. The van der Waals surface area contributed by atoms with E-state index in [9.17, 15) is 22.0 Å². The van der Waals surface area contributed by atoms with Crippen LogP contribution in [0.5, 0.6) is 5.75 Å². The number of benzene rings is 2. The first kappa shape index (κ1) is 19.1. The van der Waals surface area contributed by atoms with Gasteiger partial charge >= 0.3 is 0 Å². The fraction of sp³-hybridized carbons (Fsp3) is 0.278. The van der Waals surface area contributed by atoms with E-state index in [0.717, 1.165) is 18.2 Å². The van der Waals surface area contributed by atoms with Gasteiger partial charge in [-0.3, -0.25) is 9.52 Å². The second kappa shape index (κ2) is 6.49. The van der Waals surface area contributed by atoms with E-state index in [2.05, 4.69) is 0 Å². The van der Waals surface area contributed by atoms with E-state index < -0.39 is 32.9 Å². The van der Waals surface area contributed by atoms with Gasteiger partial charge in [-0.2, -0.15) is 0 Å². The van der Waals surface area contributed by atoms with E-state index in [1.165, 1.54) is 30.0 Å². The SMILES string of the molecule is CC(=O)N1CC(C)(C)Oc2ccc(S(=O)(=O)Nc3cc(F)ccc3F)cc21. The summed E-state index contributed by atoms with van der Waals surface area (Å²) in [5.41, 5.74) is -0.847. The lowest BCUT2D eigenvalue weighted by Gasteiger charge is -2.39. The van der Waals surface area contributed by atoms with E-state index in [4.69, 9.17) is 4.74 Å². The minimum Gasteiger partial charge on any atom is -0.484 e. The monoisotopic (exact) mass is 396 g/mol. The van der Waals surface area contributed by atoms with Crippen molar-refractivity contribution in [3.63, 3.8) is 0 Å². The molecule has 2 aromatic carbocycles. The van der Waals surface area contributed by atoms with Crippen LogP contribution in [-0.2, 0) is 14.8 Å². The van der Waals surface area contributed by atoms with Crippen LogP contribution in [0, 0.1) is 11.6 Å². The van der Waals surface area contributed by atoms with Gasteiger partial charge in [-0.1, -0.05) is 0 Å². The van der Waals surface area contributed by atoms with E-state index in [1.807, 2.05) is 18.6 Å². The summed E-state index contributed by atoms with van der Waals surface area (Å²) in [6.07, 6.45) is 0. The summed E-state index contributed by atoms with van der Waals surface area (Å²) in [5, 5.41) is 0. The van der Waals surface area contributed by atoms with Crippen LogP contribution < -0.4 is 14.4 Å². The van der Waals surface area contributed by atoms with E-state index in [1.54, 1.807) is 0 Å². The Balaban J connectivity index is 2.02. The zero-order valence-electron chi connectivity index (χ0n) is 14.9. The Bertz CT molecular complexity index is 1020. The van der Waals surface area contributed by atoms with Gasteiger partial charge in [-0.15, -0.1) is 0 Å². The van der Waals surface area contributed by atoms with E-state index in [-0.39, 0.29) is 17.3 Å². The number of carbonyl (C=O) groups is 1. The normalized spacial score (nSPS) is 15.7. The molecular formula is C18H18F2N2O4S. The minimum atomic E-state index is -4.21. The largest absolute Gasteiger partial charge is 0.484 e. The topological polar surface area (TPSA) is 75.7 Å². The van der Waals surface area contributed by atoms with Gasteiger partial charge in [0.05, 0.1) is 22.8 Å². The van der Waals surface area contributed by atoms with Crippen LogP contribution in [0.2, 0.25) is 0 Å². The lowest BCUT2D eigenvalue weighted by molar-refractivity contribution is -0.117.